The Morgan fingerprint density at radius 2 is 2.20 bits per heavy atom. The van der Waals surface area contributed by atoms with Crippen molar-refractivity contribution in [1.29, 1.82) is 5.26 Å². The van der Waals surface area contributed by atoms with E-state index in [1.807, 2.05) is 0 Å². The van der Waals surface area contributed by atoms with E-state index < -0.39 is 6.43 Å². The fourth-order valence-corrected chi connectivity index (χ4v) is 2.11. The summed E-state index contributed by atoms with van der Waals surface area (Å²) in [6.07, 6.45) is -1.40. The third kappa shape index (κ3) is 3.04. The number of alkyl halides is 2. The number of hydrogen-bond donors (Lipinski definition) is 1. The van der Waals surface area contributed by atoms with Gasteiger partial charge in [0.1, 0.15) is 11.5 Å². The summed E-state index contributed by atoms with van der Waals surface area (Å²) in [7, 11) is 1.49. The molecule has 8 heteroatoms. The maximum absolute atomic E-state index is 12.5. The zero-order valence-electron chi connectivity index (χ0n) is 11.0. The normalized spacial score (nSPS) is 16.2. The van der Waals surface area contributed by atoms with Gasteiger partial charge in [-0.1, -0.05) is 0 Å². The van der Waals surface area contributed by atoms with E-state index >= 15 is 0 Å². The summed E-state index contributed by atoms with van der Waals surface area (Å²) in [6.45, 7) is 0.979. The lowest BCUT2D eigenvalue weighted by atomic mass is 9.99. The average Bonchev–Trinajstić information content (AvgIpc) is 2.80. The molecule has 1 aliphatic heterocycles. The first-order chi connectivity index (χ1) is 9.51. The van der Waals surface area contributed by atoms with Gasteiger partial charge in [0, 0.05) is 32.1 Å². The van der Waals surface area contributed by atoms with Crippen molar-refractivity contribution in [3.05, 3.63) is 11.8 Å². The molecule has 0 saturated carbocycles. The van der Waals surface area contributed by atoms with Crippen molar-refractivity contribution in [3.63, 3.8) is 0 Å². The topological polar surface area (TPSA) is 74.0 Å². The van der Waals surface area contributed by atoms with Crippen LogP contribution in [0.15, 0.2) is 6.07 Å². The molecule has 108 valence electrons. The molecule has 1 saturated heterocycles. The van der Waals surface area contributed by atoms with E-state index in [1.54, 1.807) is 4.90 Å². The SMILES string of the molecule is Cn1nc(C(F)F)cc1NC(=O)N1CCC(C#N)CC1. The number of nitrogens with zero attached hydrogens (tertiary/aromatic N) is 4. The highest BCUT2D eigenvalue weighted by molar-refractivity contribution is 5.88. The van der Waals surface area contributed by atoms with Crippen LogP contribution in [0.5, 0.6) is 0 Å². The molecule has 1 fully saturated rings. The maximum atomic E-state index is 12.5. The highest BCUT2D eigenvalue weighted by Crippen LogP contribution is 2.21. The van der Waals surface area contributed by atoms with Crippen molar-refractivity contribution in [2.75, 3.05) is 18.4 Å². The van der Waals surface area contributed by atoms with E-state index in [4.69, 9.17) is 5.26 Å². The lowest BCUT2D eigenvalue weighted by molar-refractivity contribution is 0.145. The van der Waals surface area contributed by atoms with Crippen molar-refractivity contribution in [1.82, 2.24) is 14.7 Å². The van der Waals surface area contributed by atoms with Gasteiger partial charge in [0.15, 0.2) is 0 Å². The van der Waals surface area contributed by atoms with E-state index in [0.29, 0.717) is 25.9 Å². The van der Waals surface area contributed by atoms with E-state index in [1.165, 1.54) is 11.7 Å². The number of anilines is 1. The molecule has 0 aromatic carbocycles. The molecule has 0 atom stereocenters. The van der Waals surface area contributed by atoms with Crippen LogP contribution in [0, 0.1) is 17.2 Å². The summed E-state index contributed by atoms with van der Waals surface area (Å²) >= 11 is 0. The molecule has 2 rings (SSSR count). The van der Waals surface area contributed by atoms with Gasteiger partial charge in [-0.2, -0.15) is 10.4 Å². The zero-order chi connectivity index (χ0) is 14.7. The number of carbonyl (C=O) groups is 1. The van der Waals surface area contributed by atoms with Crippen LogP contribution in [0.4, 0.5) is 19.4 Å². The highest BCUT2D eigenvalue weighted by Gasteiger charge is 2.23. The molecule has 0 radical (unpaired) electrons. The van der Waals surface area contributed by atoms with Crippen LogP contribution in [0.25, 0.3) is 0 Å². The van der Waals surface area contributed by atoms with Crippen LogP contribution >= 0.6 is 0 Å². The fourth-order valence-electron chi connectivity index (χ4n) is 2.11. The van der Waals surface area contributed by atoms with E-state index in [0.717, 1.165) is 6.07 Å². The summed E-state index contributed by atoms with van der Waals surface area (Å²) < 4.78 is 26.2. The second-order valence-electron chi connectivity index (χ2n) is 4.70. The Kier molecular flexibility index (Phi) is 4.17. The maximum Gasteiger partial charge on any atom is 0.323 e. The lowest BCUT2D eigenvalue weighted by Crippen LogP contribution is -2.41. The number of nitriles is 1. The summed E-state index contributed by atoms with van der Waals surface area (Å²) in [5, 5.41) is 15.0. The number of hydrogen-bond acceptors (Lipinski definition) is 3. The second kappa shape index (κ2) is 5.86. The van der Waals surface area contributed by atoms with Gasteiger partial charge < -0.3 is 4.90 Å². The minimum absolute atomic E-state index is 0.0128. The number of halogens is 2. The number of rotatable bonds is 2. The van der Waals surface area contributed by atoms with Gasteiger partial charge in [-0.05, 0) is 12.8 Å². The number of urea groups is 1. The Balaban J connectivity index is 1.97. The minimum atomic E-state index is -2.67. The number of piperidine rings is 1. The van der Waals surface area contributed by atoms with Crippen molar-refractivity contribution in [2.24, 2.45) is 13.0 Å². The molecule has 0 bridgehead atoms. The highest BCUT2D eigenvalue weighted by atomic mass is 19.3. The van der Waals surface area contributed by atoms with Gasteiger partial charge in [-0.25, -0.2) is 13.6 Å². The predicted molar refractivity (Wildman–Crippen MR) is 67.1 cm³/mol. The first-order valence-corrected chi connectivity index (χ1v) is 6.29. The first-order valence-electron chi connectivity index (χ1n) is 6.29. The molecule has 1 N–H and O–H groups in total. The Labute approximate surface area is 115 Å². The van der Waals surface area contributed by atoms with Gasteiger partial charge in [-0.15, -0.1) is 0 Å². The standard InChI is InChI=1S/C12H15F2N5O/c1-18-10(6-9(17-18)11(13)14)16-12(20)19-4-2-8(7-15)3-5-19/h6,8,11H,2-5H2,1H3,(H,16,20). The monoisotopic (exact) mass is 283 g/mol. The van der Waals surface area contributed by atoms with Crippen molar-refractivity contribution >= 4 is 11.8 Å². The number of aryl methyl sites for hydroxylation is 1. The van der Waals surface area contributed by atoms with E-state index in [9.17, 15) is 13.6 Å². The molecule has 1 aromatic rings. The average molecular weight is 283 g/mol. The number of carbonyl (C=O) groups excluding carboxylic acids is 1. The fraction of sp³-hybridized carbons (Fsp3) is 0.583. The molecule has 0 unspecified atom stereocenters. The molecule has 2 amide bonds. The van der Waals surface area contributed by atoms with Crippen LogP contribution in [0.1, 0.15) is 25.0 Å². The molecule has 0 aliphatic carbocycles. The van der Waals surface area contributed by atoms with Crippen molar-refractivity contribution < 1.29 is 13.6 Å². The van der Waals surface area contributed by atoms with E-state index in [2.05, 4.69) is 16.5 Å². The summed E-state index contributed by atoms with van der Waals surface area (Å²) in [4.78, 5) is 13.6. The van der Waals surface area contributed by atoms with Crippen LogP contribution in [0.3, 0.4) is 0 Å². The molecule has 1 aromatic heterocycles. The van der Waals surface area contributed by atoms with Crippen molar-refractivity contribution in [3.8, 4) is 6.07 Å². The first kappa shape index (κ1) is 14.2. The van der Waals surface area contributed by atoms with Crippen molar-refractivity contribution in [2.45, 2.75) is 19.3 Å². The summed E-state index contributed by atoms with van der Waals surface area (Å²) in [5.41, 5.74) is -0.369. The van der Waals surface area contributed by atoms with Gasteiger partial charge in [0.2, 0.25) is 0 Å². The molecule has 0 spiro atoms. The Hall–Kier alpha value is -2.17. The molecular formula is C12H15F2N5O. The van der Waals surface area contributed by atoms with Crippen LogP contribution in [-0.2, 0) is 7.05 Å². The van der Waals surface area contributed by atoms with Gasteiger partial charge in [0.25, 0.3) is 6.43 Å². The minimum Gasteiger partial charge on any atom is -0.324 e. The van der Waals surface area contributed by atoms with Gasteiger partial charge >= 0.3 is 6.03 Å². The lowest BCUT2D eigenvalue weighted by Gasteiger charge is -2.29. The van der Waals surface area contributed by atoms with Crippen LogP contribution < -0.4 is 5.32 Å². The molecular weight excluding hydrogens is 268 g/mol. The third-order valence-electron chi connectivity index (χ3n) is 3.32. The number of amides is 2. The quantitative estimate of drug-likeness (QED) is 0.903. The Morgan fingerprint density at radius 3 is 2.70 bits per heavy atom. The number of likely N-dealkylation sites (tertiary alicyclic amines) is 1. The molecule has 6 nitrogen and oxygen atoms in total. The smallest absolute Gasteiger partial charge is 0.323 e. The van der Waals surface area contributed by atoms with Crippen LogP contribution in [0.2, 0.25) is 0 Å². The Bertz CT molecular complexity index is 528. The van der Waals surface area contributed by atoms with Gasteiger partial charge in [0.05, 0.1) is 6.07 Å². The Morgan fingerprint density at radius 1 is 1.55 bits per heavy atom. The summed E-state index contributed by atoms with van der Waals surface area (Å²) in [5.74, 6) is 0.217. The number of aromatic nitrogens is 2. The third-order valence-corrected chi connectivity index (χ3v) is 3.32. The van der Waals surface area contributed by atoms with Gasteiger partial charge in [-0.3, -0.25) is 10.00 Å². The van der Waals surface area contributed by atoms with E-state index in [-0.39, 0.29) is 23.5 Å². The molecule has 1 aliphatic rings. The summed E-state index contributed by atoms with van der Waals surface area (Å²) in [6, 6.07) is 2.98. The largest absolute Gasteiger partial charge is 0.324 e. The number of nitrogens with one attached hydrogen (secondary N) is 1. The molecule has 2 heterocycles. The molecule has 20 heavy (non-hydrogen) atoms. The predicted octanol–water partition coefficient (Wildman–Crippen LogP) is 2.13. The zero-order valence-corrected chi connectivity index (χ0v) is 11.0. The second-order valence-corrected chi connectivity index (χ2v) is 4.70. The van der Waals surface area contributed by atoms with Crippen LogP contribution in [-0.4, -0.2) is 33.8 Å².